The summed E-state index contributed by atoms with van der Waals surface area (Å²) in [5, 5.41) is 0. The van der Waals surface area contributed by atoms with Crippen LogP contribution in [-0.2, 0) is 4.79 Å². The minimum absolute atomic E-state index is 0.354. The van der Waals surface area contributed by atoms with Gasteiger partial charge in [0.2, 0.25) is 0 Å². The van der Waals surface area contributed by atoms with Crippen molar-refractivity contribution in [1.82, 2.24) is 0 Å². The lowest BCUT2D eigenvalue weighted by molar-refractivity contribution is -0.114. The molecule has 1 nitrogen and oxygen atoms in total. The van der Waals surface area contributed by atoms with Gasteiger partial charge >= 0.3 is 0 Å². The van der Waals surface area contributed by atoms with Gasteiger partial charge in [-0.3, -0.25) is 4.79 Å². The van der Waals surface area contributed by atoms with Crippen LogP contribution in [0.1, 0.15) is 65.2 Å². The van der Waals surface area contributed by atoms with Crippen LogP contribution in [0.5, 0.6) is 0 Å². The van der Waals surface area contributed by atoms with Crippen molar-refractivity contribution in [3.63, 3.8) is 0 Å². The summed E-state index contributed by atoms with van der Waals surface area (Å²) >= 11 is 0. The summed E-state index contributed by atoms with van der Waals surface area (Å²) in [5.74, 6) is 1.08. The molecule has 0 N–H and O–H groups in total. The molecule has 1 aliphatic carbocycles. The van der Waals surface area contributed by atoms with E-state index in [0.717, 1.165) is 31.6 Å². The molecule has 15 heavy (non-hydrogen) atoms. The van der Waals surface area contributed by atoms with E-state index in [0.29, 0.717) is 5.78 Å². The molecule has 1 aliphatic rings. The lowest BCUT2D eigenvalue weighted by atomic mass is 9.93. The Bertz CT molecular complexity index is 217. The average Bonchev–Trinajstić information content (AvgIpc) is 2.18. The molecule has 0 aliphatic heterocycles. The number of hydrogen-bond donors (Lipinski definition) is 0. The first-order chi connectivity index (χ1) is 7.18. The van der Waals surface area contributed by atoms with Gasteiger partial charge < -0.3 is 0 Å². The topological polar surface area (TPSA) is 17.1 Å². The van der Waals surface area contributed by atoms with Crippen LogP contribution in [0.15, 0.2) is 11.6 Å². The molecule has 0 spiro atoms. The van der Waals surface area contributed by atoms with Crippen molar-refractivity contribution in [3.05, 3.63) is 11.6 Å². The molecule has 1 rings (SSSR count). The summed E-state index contributed by atoms with van der Waals surface area (Å²) in [5.41, 5.74) is 1.40. The molecule has 1 heteroatoms. The fourth-order valence-electron chi connectivity index (χ4n) is 2.13. The van der Waals surface area contributed by atoms with Gasteiger partial charge in [-0.15, -0.1) is 0 Å². The average molecular weight is 208 g/mol. The molecule has 0 bridgehead atoms. The van der Waals surface area contributed by atoms with Crippen molar-refractivity contribution in [2.75, 3.05) is 0 Å². The van der Waals surface area contributed by atoms with Gasteiger partial charge in [-0.1, -0.05) is 32.3 Å². The summed E-state index contributed by atoms with van der Waals surface area (Å²) in [6.07, 6.45) is 11.2. The number of carbonyl (C=O) groups is 1. The highest BCUT2D eigenvalue weighted by atomic mass is 16.1. The van der Waals surface area contributed by atoms with E-state index >= 15 is 0 Å². The van der Waals surface area contributed by atoms with E-state index in [-0.39, 0.29) is 0 Å². The predicted molar refractivity (Wildman–Crippen MR) is 64.9 cm³/mol. The highest BCUT2D eigenvalue weighted by molar-refractivity contribution is 5.90. The summed E-state index contributed by atoms with van der Waals surface area (Å²) in [4.78, 5) is 11.6. The van der Waals surface area contributed by atoms with Gasteiger partial charge in [-0.05, 0) is 44.1 Å². The zero-order chi connectivity index (χ0) is 11.1. The van der Waals surface area contributed by atoms with Crippen LogP contribution in [0, 0.1) is 5.92 Å². The van der Waals surface area contributed by atoms with Crippen molar-refractivity contribution >= 4 is 5.78 Å². The van der Waals surface area contributed by atoms with Gasteiger partial charge in [0.15, 0.2) is 5.78 Å². The molecule has 0 amide bonds. The first kappa shape index (κ1) is 12.5. The molecule has 1 saturated carbocycles. The number of hydrogen-bond acceptors (Lipinski definition) is 1. The molecule has 86 valence electrons. The van der Waals surface area contributed by atoms with Crippen molar-refractivity contribution in [2.24, 2.45) is 5.92 Å². The first-order valence-corrected chi connectivity index (χ1v) is 6.41. The van der Waals surface area contributed by atoms with Crippen molar-refractivity contribution in [2.45, 2.75) is 65.2 Å². The van der Waals surface area contributed by atoms with Crippen LogP contribution in [0.2, 0.25) is 0 Å². The van der Waals surface area contributed by atoms with Crippen molar-refractivity contribution < 1.29 is 4.79 Å². The summed E-state index contributed by atoms with van der Waals surface area (Å²) in [6.45, 7) is 4.42. The fraction of sp³-hybridized carbons (Fsp3) is 0.786. The van der Waals surface area contributed by atoms with Crippen LogP contribution >= 0.6 is 0 Å². The molecule has 0 aromatic rings. The molecule has 0 aromatic heterocycles. The second-order valence-corrected chi connectivity index (χ2v) is 5.12. The van der Waals surface area contributed by atoms with E-state index in [1.54, 1.807) is 0 Å². The molecule has 0 unspecified atom stereocenters. The van der Waals surface area contributed by atoms with Crippen molar-refractivity contribution in [1.29, 1.82) is 0 Å². The van der Waals surface area contributed by atoms with Gasteiger partial charge in [0, 0.05) is 6.42 Å². The molecular weight excluding hydrogens is 184 g/mol. The Balaban J connectivity index is 2.21. The van der Waals surface area contributed by atoms with Crippen LogP contribution in [0.4, 0.5) is 0 Å². The van der Waals surface area contributed by atoms with E-state index in [4.69, 9.17) is 0 Å². The maximum Gasteiger partial charge on any atom is 0.155 e. The van der Waals surface area contributed by atoms with E-state index in [1.165, 1.54) is 31.3 Å². The van der Waals surface area contributed by atoms with Gasteiger partial charge in [-0.2, -0.15) is 0 Å². The second kappa shape index (κ2) is 6.81. The maximum atomic E-state index is 11.6. The summed E-state index contributed by atoms with van der Waals surface area (Å²) < 4.78 is 0. The molecule has 0 saturated heterocycles. The van der Waals surface area contributed by atoms with E-state index < -0.39 is 0 Å². The highest BCUT2D eigenvalue weighted by Crippen LogP contribution is 2.22. The molecule has 0 heterocycles. The molecular formula is C14H24O. The smallest absolute Gasteiger partial charge is 0.155 e. The first-order valence-electron chi connectivity index (χ1n) is 6.41. The third-order valence-electron chi connectivity index (χ3n) is 3.07. The van der Waals surface area contributed by atoms with Gasteiger partial charge in [0.05, 0.1) is 0 Å². The Morgan fingerprint density at radius 2 is 1.93 bits per heavy atom. The summed E-state index contributed by atoms with van der Waals surface area (Å²) in [7, 11) is 0. The Morgan fingerprint density at radius 3 is 2.53 bits per heavy atom. The highest BCUT2D eigenvalue weighted by Gasteiger charge is 2.07. The Hall–Kier alpha value is -0.590. The predicted octanol–water partition coefficient (Wildman–Crippen LogP) is 4.27. The zero-order valence-corrected chi connectivity index (χ0v) is 10.2. The Labute approximate surface area is 93.9 Å². The largest absolute Gasteiger partial charge is 0.295 e. The lowest BCUT2D eigenvalue weighted by Gasteiger charge is -2.12. The standard InChI is InChI=1S/C14H24O/c1-12(2)7-6-10-14(15)11-13-8-4-3-5-9-13/h11-12H,3-10H2,1-2H3. The van der Waals surface area contributed by atoms with E-state index in [1.807, 2.05) is 6.08 Å². The number of ketones is 1. The minimum atomic E-state index is 0.354. The normalized spacial score (nSPS) is 16.9. The van der Waals surface area contributed by atoms with Crippen LogP contribution in [0.25, 0.3) is 0 Å². The monoisotopic (exact) mass is 208 g/mol. The lowest BCUT2D eigenvalue weighted by Crippen LogP contribution is -2.00. The van der Waals surface area contributed by atoms with Gasteiger partial charge in [0.25, 0.3) is 0 Å². The Morgan fingerprint density at radius 1 is 1.27 bits per heavy atom. The quantitative estimate of drug-likeness (QED) is 0.616. The summed E-state index contributed by atoms with van der Waals surface area (Å²) in [6, 6.07) is 0. The van der Waals surface area contributed by atoms with Crippen molar-refractivity contribution in [3.8, 4) is 0 Å². The van der Waals surface area contributed by atoms with E-state index in [9.17, 15) is 4.79 Å². The third kappa shape index (κ3) is 5.76. The van der Waals surface area contributed by atoms with Gasteiger partial charge in [-0.25, -0.2) is 0 Å². The minimum Gasteiger partial charge on any atom is -0.295 e. The van der Waals surface area contributed by atoms with Gasteiger partial charge in [0.1, 0.15) is 0 Å². The fourth-order valence-corrected chi connectivity index (χ4v) is 2.13. The van der Waals surface area contributed by atoms with Crippen LogP contribution < -0.4 is 0 Å². The second-order valence-electron chi connectivity index (χ2n) is 5.12. The molecule has 0 aromatic carbocycles. The molecule has 0 radical (unpaired) electrons. The Kier molecular flexibility index (Phi) is 5.67. The number of carbonyl (C=O) groups excluding carboxylic acids is 1. The maximum absolute atomic E-state index is 11.6. The third-order valence-corrected chi connectivity index (χ3v) is 3.07. The van der Waals surface area contributed by atoms with Crippen LogP contribution in [0.3, 0.4) is 0 Å². The number of allylic oxidation sites excluding steroid dienone is 2. The molecule has 1 fully saturated rings. The zero-order valence-electron chi connectivity index (χ0n) is 10.2. The number of rotatable bonds is 5. The van der Waals surface area contributed by atoms with E-state index in [2.05, 4.69) is 13.8 Å². The molecule has 0 atom stereocenters. The SMILES string of the molecule is CC(C)CCCC(=O)C=C1CCCCC1. The van der Waals surface area contributed by atoms with Crippen LogP contribution in [-0.4, -0.2) is 5.78 Å².